The summed E-state index contributed by atoms with van der Waals surface area (Å²) in [5, 5.41) is 15.1. The molecule has 0 unspecified atom stereocenters. The predicted octanol–water partition coefficient (Wildman–Crippen LogP) is 4.11. The predicted molar refractivity (Wildman–Crippen MR) is 126 cm³/mol. The molecule has 1 N–H and O–H groups in total. The zero-order valence-electron chi connectivity index (χ0n) is 20.8. The second-order valence-electron chi connectivity index (χ2n) is 9.29. The number of rotatable bonds is 7. The lowest BCUT2D eigenvalue weighted by Crippen LogP contribution is -2.25. The van der Waals surface area contributed by atoms with Crippen molar-refractivity contribution >= 4 is 11.9 Å². The van der Waals surface area contributed by atoms with Gasteiger partial charge < -0.3 is 10.1 Å². The largest absolute Gasteiger partial charge is 0.469 e. The normalized spacial score (nSPS) is 17.7. The summed E-state index contributed by atoms with van der Waals surface area (Å²) in [4.78, 5) is 30.1. The molecule has 1 aliphatic carbocycles. The van der Waals surface area contributed by atoms with E-state index in [9.17, 15) is 27.2 Å². The number of esters is 1. The van der Waals surface area contributed by atoms with Crippen LogP contribution < -0.4 is 5.32 Å². The van der Waals surface area contributed by atoms with Crippen molar-refractivity contribution in [3.63, 3.8) is 0 Å². The number of methoxy groups -OCH3 is 1. The zero-order valence-corrected chi connectivity index (χ0v) is 20.8. The number of amides is 1. The van der Waals surface area contributed by atoms with Crippen molar-refractivity contribution in [1.82, 2.24) is 30.5 Å². The van der Waals surface area contributed by atoms with Gasteiger partial charge in [0.1, 0.15) is 11.5 Å². The van der Waals surface area contributed by atoms with Gasteiger partial charge in [0.05, 0.1) is 25.1 Å². The smallest absolute Gasteiger partial charge is 0.419 e. The molecule has 1 aliphatic rings. The highest BCUT2D eigenvalue weighted by atomic mass is 19.4. The number of nitrogens with zero attached hydrogens (tertiary/aromatic N) is 5. The van der Waals surface area contributed by atoms with Crippen LogP contribution in [-0.2, 0) is 28.8 Å². The number of benzene rings is 1. The fourth-order valence-corrected chi connectivity index (χ4v) is 4.50. The molecule has 1 saturated carbocycles. The Kier molecular flexibility index (Phi) is 8.02. The Morgan fingerprint density at radius 2 is 1.87 bits per heavy atom. The molecule has 0 aliphatic heterocycles. The van der Waals surface area contributed by atoms with Crippen molar-refractivity contribution in [2.24, 2.45) is 11.8 Å². The van der Waals surface area contributed by atoms with E-state index in [1.54, 1.807) is 13.0 Å². The fraction of sp³-hybridized carbons (Fsp3) is 0.440. The SMILES string of the molecule is COC(=O)[C@H]1CC[C@H](Cn2nnc(-c3cc(C)nc(C(=O)NCc4ccc(F)c(C(F)(F)F)c4)c3)n2)CC1. The molecule has 1 aromatic carbocycles. The molecule has 0 saturated heterocycles. The number of carbonyl (C=O) groups excluding carboxylic acids is 2. The molecule has 0 bridgehead atoms. The maximum absolute atomic E-state index is 13.5. The number of halogens is 4. The third-order valence-corrected chi connectivity index (χ3v) is 6.49. The van der Waals surface area contributed by atoms with Gasteiger partial charge in [-0.05, 0) is 73.6 Å². The maximum atomic E-state index is 13.5. The van der Waals surface area contributed by atoms with Gasteiger partial charge in [-0.2, -0.15) is 18.0 Å². The van der Waals surface area contributed by atoms with E-state index in [0.717, 1.165) is 25.7 Å². The molecule has 0 radical (unpaired) electrons. The Labute approximate surface area is 215 Å². The number of nitrogens with one attached hydrogen (secondary N) is 1. The average Bonchev–Trinajstić information content (AvgIpc) is 3.35. The van der Waals surface area contributed by atoms with Crippen molar-refractivity contribution in [2.45, 2.75) is 51.9 Å². The summed E-state index contributed by atoms with van der Waals surface area (Å²) in [6.45, 7) is 1.97. The van der Waals surface area contributed by atoms with Crippen molar-refractivity contribution in [3.8, 4) is 11.4 Å². The fourth-order valence-electron chi connectivity index (χ4n) is 4.50. The minimum absolute atomic E-state index is 0.0237. The number of ether oxygens (including phenoxy) is 1. The lowest BCUT2D eigenvalue weighted by molar-refractivity contribution is -0.147. The molecular formula is C25H26F4N6O3. The molecule has 13 heteroatoms. The summed E-state index contributed by atoms with van der Waals surface area (Å²) >= 11 is 0. The quantitative estimate of drug-likeness (QED) is 0.359. The number of aromatic nitrogens is 5. The summed E-state index contributed by atoms with van der Waals surface area (Å²) < 4.78 is 57.2. The molecule has 202 valence electrons. The van der Waals surface area contributed by atoms with Gasteiger partial charge in [0.2, 0.25) is 5.82 Å². The van der Waals surface area contributed by atoms with E-state index in [2.05, 4.69) is 25.7 Å². The second kappa shape index (κ2) is 11.2. The summed E-state index contributed by atoms with van der Waals surface area (Å²) in [5.74, 6) is -1.67. The van der Waals surface area contributed by atoms with Gasteiger partial charge in [-0.1, -0.05) is 6.07 Å². The number of aryl methyl sites for hydroxylation is 1. The number of hydrogen-bond acceptors (Lipinski definition) is 7. The summed E-state index contributed by atoms with van der Waals surface area (Å²) in [6, 6.07) is 5.71. The molecule has 0 spiro atoms. The van der Waals surface area contributed by atoms with E-state index in [0.29, 0.717) is 41.7 Å². The Bertz CT molecular complexity index is 1320. The molecule has 1 fully saturated rings. The van der Waals surface area contributed by atoms with E-state index in [1.165, 1.54) is 24.0 Å². The van der Waals surface area contributed by atoms with Crippen LogP contribution in [-0.4, -0.2) is 44.2 Å². The van der Waals surface area contributed by atoms with E-state index < -0.39 is 23.5 Å². The van der Waals surface area contributed by atoms with Gasteiger partial charge in [0, 0.05) is 17.8 Å². The van der Waals surface area contributed by atoms with Crippen molar-refractivity contribution in [2.75, 3.05) is 7.11 Å². The first-order valence-corrected chi connectivity index (χ1v) is 12.0. The summed E-state index contributed by atoms with van der Waals surface area (Å²) in [5.41, 5.74) is -0.276. The second-order valence-corrected chi connectivity index (χ2v) is 9.29. The summed E-state index contributed by atoms with van der Waals surface area (Å²) in [7, 11) is 1.39. The van der Waals surface area contributed by atoms with E-state index in [4.69, 9.17) is 4.74 Å². The molecular weight excluding hydrogens is 508 g/mol. The van der Waals surface area contributed by atoms with Gasteiger partial charge in [-0.3, -0.25) is 9.59 Å². The highest BCUT2D eigenvalue weighted by Gasteiger charge is 2.34. The van der Waals surface area contributed by atoms with Crippen LogP contribution in [0, 0.1) is 24.6 Å². The van der Waals surface area contributed by atoms with Gasteiger partial charge >= 0.3 is 12.1 Å². The van der Waals surface area contributed by atoms with Gasteiger partial charge in [0.15, 0.2) is 0 Å². The van der Waals surface area contributed by atoms with Crippen LogP contribution in [0.4, 0.5) is 17.6 Å². The number of pyridine rings is 1. The van der Waals surface area contributed by atoms with E-state index in [1.807, 2.05) is 0 Å². The zero-order chi connectivity index (χ0) is 27.4. The van der Waals surface area contributed by atoms with Crippen LogP contribution in [0.3, 0.4) is 0 Å². The summed E-state index contributed by atoms with van der Waals surface area (Å²) in [6.07, 6.45) is -1.67. The molecule has 1 amide bonds. The highest BCUT2D eigenvalue weighted by Crippen LogP contribution is 2.32. The van der Waals surface area contributed by atoms with E-state index in [-0.39, 0.29) is 29.7 Å². The minimum atomic E-state index is -4.84. The monoisotopic (exact) mass is 534 g/mol. The molecule has 9 nitrogen and oxygen atoms in total. The lowest BCUT2D eigenvalue weighted by atomic mass is 9.82. The van der Waals surface area contributed by atoms with Crippen molar-refractivity contribution in [1.29, 1.82) is 0 Å². The molecule has 2 heterocycles. The van der Waals surface area contributed by atoms with Crippen LogP contribution >= 0.6 is 0 Å². The standard InChI is InChI=1S/C25H26F4N6O3/c1-14-9-18(22-32-34-35(33-22)13-15-3-6-17(7-4-15)24(37)38-2)11-21(31-14)23(36)30-12-16-5-8-20(26)19(10-16)25(27,28)29/h5,8-11,15,17H,3-4,6-7,12-13H2,1-2H3,(H,30,36)/t15-,17-. The minimum Gasteiger partial charge on any atom is -0.469 e. The third-order valence-electron chi connectivity index (χ3n) is 6.49. The van der Waals surface area contributed by atoms with Crippen LogP contribution in [0.5, 0.6) is 0 Å². The van der Waals surface area contributed by atoms with Crippen molar-refractivity contribution in [3.05, 3.63) is 58.7 Å². The number of carbonyl (C=O) groups is 2. The van der Waals surface area contributed by atoms with Crippen LogP contribution in [0.2, 0.25) is 0 Å². The Hall–Kier alpha value is -3.90. The maximum Gasteiger partial charge on any atom is 0.419 e. The Balaban J connectivity index is 1.40. The Morgan fingerprint density at radius 3 is 2.55 bits per heavy atom. The third kappa shape index (κ3) is 6.50. The van der Waals surface area contributed by atoms with Crippen LogP contribution in [0.1, 0.15) is 53.0 Å². The number of tetrazole rings is 1. The van der Waals surface area contributed by atoms with Crippen LogP contribution in [0.15, 0.2) is 30.3 Å². The average molecular weight is 535 g/mol. The van der Waals surface area contributed by atoms with Gasteiger partial charge in [-0.25, -0.2) is 9.37 Å². The van der Waals surface area contributed by atoms with Gasteiger partial charge in [-0.15, -0.1) is 10.2 Å². The number of hydrogen-bond donors (Lipinski definition) is 1. The molecule has 3 aromatic rings. The first-order valence-electron chi connectivity index (χ1n) is 12.0. The van der Waals surface area contributed by atoms with E-state index >= 15 is 0 Å². The molecule has 2 aromatic heterocycles. The van der Waals surface area contributed by atoms with Crippen molar-refractivity contribution < 1.29 is 31.9 Å². The lowest BCUT2D eigenvalue weighted by Gasteiger charge is -2.26. The Morgan fingerprint density at radius 1 is 1.13 bits per heavy atom. The first kappa shape index (κ1) is 27.1. The molecule has 38 heavy (non-hydrogen) atoms. The highest BCUT2D eigenvalue weighted by molar-refractivity contribution is 5.93. The van der Waals surface area contributed by atoms with Gasteiger partial charge in [0.25, 0.3) is 5.91 Å². The number of alkyl halides is 3. The molecule has 0 atom stereocenters. The van der Waals surface area contributed by atoms with Crippen LogP contribution in [0.25, 0.3) is 11.4 Å². The first-order chi connectivity index (χ1) is 18.0. The molecule has 4 rings (SSSR count). The topological polar surface area (TPSA) is 112 Å².